The number of hydrogen-bond acceptors (Lipinski definition) is 6. The molecule has 0 N–H and O–H groups in total. The minimum Gasteiger partial charge on any atom is -0.497 e. The van der Waals surface area contributed by atoms with Gasteiger partial charge < -0.3 is 13.7 Å². The average Bonchev–Trinajstić information content (AvgIpc) is 3.39. The Morgan fingerprint density at radius 1 is 1.03 bits per heavy atom. The van der Waals surface area contributed by atoms with E-state index in [-0.39, 0.29) is 0 Å². The summed E-state index contributed by atoms with van der Waals surface area (Å²) in [4.78, 5) is 4.58. The highest BCUT2D eigenvalue weighted by atomic mass is 35.5. The molecule has 0 aliphatic carbocycles. The van der Waals surface area contributed by atoms with E-state index in [9.17, 15) is 0 Å². The highest BCUT2D eigenvalue weighted by Gasteiger charge is 2.14. The second kappa shape index (κ2) is 8.71. The summed E-state index contributed by atoms with van der Waals surface area (Å²) in [5.74, 6) is 2.84. The minimum absolute atomic E-state index is 0.585. The molecule has 4 aromatic rings. The van der Waals surface area contributed by atoms with Crippen molar-refractivity contribution in [2.24, 2.45) is 0 Å². The average molecular weight is 427 g/mol. The monoisotopic (exact) mass is 426 g/mol. The van der Waals surface area contributed by atoms with Gasteiger partial charge in [0.2, 0.25) is 5.89 Å². The topological polar surface area (TPSA) is 66.0 Å². The maximum atomic E-state index is 5.99. The van der Waals surface area contributed by atoms with Gasteiger partial charge in [0.1, 0.15) is 12.0 Å². The molecule has 0 saturated heterocycles. The van der Waals surface area contributed by atoms with Crippen LogP contribution in [0.1, 0.15) is 12.6 Å². The van der Waals surface area contributed by atoms with Gasteiger partial charge in [-0.3, -0.25) is 0 Å². The van der Waals surface area contributed by atoms with Gasteiger partial charge in [-0.2, -0.15) is 0 Å². The number of ether oxygens (including phenoxy) is 1. The summed E-state index contributed by atoms with van der Waals surface area (Å²) in [7, 11) is 1.64. The van der Waals surface area contributed by atoms with Crippen molar-refractivity contribution < 1.29 is 9.15 Å². The number of nitrogens with zero attached hydrogens (tertiary/aromatic N) is 4. The molecule has 0 saturated carbocycles. The number of thioether (sulfide) groups is 1. The lowest BCUT2D eigenvalue weighted by atomic mass is 10.2. The predicted molar refractivity (Wildman–Crippen MR) is 114 cm³/mol. The first-order chi connectivity index (χ1) is 14.2. The summed E-state index contributed by atoms with van der Waals surface area (Å²) in [6, 6.07) is 15.2. The number of methoxy groups -OCH3 is 1. The van der Waals surface area contributed by atoms with E-state index in [1.54, 1.807) is 25.1 Å². The molecule has 29 heavy (non-hydrogen) atoms. The van der Waals surface area contributed by atoms with Crippen LogP contribution in [-0.2, 0) is 12.3 Å². The van der Waals surface area contributed by atoms with E-state index in [0.717, 1.165) is 40.1 Å². The Bertz CT molecular complexity index is 1090. The van der Waals surface area contributed by atoms with Crippen LogP contribution < -0.4 is 4.74 Å². The Hall–Kier alpha value is -2.77. The molecule has 0 aliphatic heterocycles. The first-order valence-corrected chi connectivity index (χ1v) is 10.4. The van der Waals surface area contributed by atoms with Crippen LogP contribution in [0, 0.1) is 0 Å². The van der Waals surface area contributed by atoms with Crippen LogP contribution >= 0.6 is 23.4 Å². The van der Waals surface area contributed by atoms with E-state index in [1.165, 1.54) is 0 Å². The van der Waals surface area contributed by atoms with Crippen LogP contribution in [0.25, 0.3) is 22.8 Å². The smallest absolute Gasteiger partial charge is 0.226 e. The third kappa shape index (κ3) is 4.31. The molecule has 0 spiro atoms. The summed E-state index contributed by atoms with van der Waals surface area (Å²) in [5, 5.41) is 10.3. The van der Waals surface area contributed by atoms with Crippen molar-refractivity contribution in [2.75, 3.05) is 7.11 Å². The van der Waals surface area contributed by atoms with E-state index in [2.05, 4.69) is 26.7 Å². The van der Waals surface area contributed by atoms with Gasteiger partial charge in [-0.15, -0.1) is 10.2 Å². The Kier molecular flexibility index (Phi) is 5.87. The molecule has 2 aromatic heterocycles. The number of aromatic nitrogens is 4. The van der Waals surface area contributed by atoms with E-state index in [4.69, 9.17) is 20.8 Å². The molecule has 0 atom stereocenters. The van der Waals surface area contributed by atoms with Gasteiger partial charge in [-0.05, 0) is 55.5 Å². The highest BCUT2D eigenvalue weighted by molar-refractivity contribution is 7.98. The van der Waals surface area contributed by atoms with Crippen LogP contribution in [0.4, 0.5) is 0 Å². The SMILES string of the molecule is CCn1c(SCc2coc(-c3ccc(OC)cc3)n2)nnc1-c1ccc(Cl)cc1. The standard InChI is InChI=1S/C21H19ClN4O2S/c1-3-26-19(14-4-8-16(22)9-5-14)24-25-21(26)29-13-17-12-28-20(23-17)15-6-10-18(27-2)11-7-15/h4-12H,3,13H2,1-2H3. The Morgan fingerprint density at radius 3 is 2.45 bits per heavy atom. The van der Waals surface area contributed by atoms with Crippen molar-refractivity contribution in [3.05, 3.63) is 65.5 Å². The van der Waals surface area contributed by atoms with Crippen molar-refractivity contribution >= 4 is 23.4 Å². The Morgan fingerprint density at radius 2 is 1.76 bits per heavy atom. The zero-order valence-corrected chi connectivity index (χ0v) is 17.6. The van der Waals surface area contributed by atoms with Crippen LogP contribution in [0.3, 0.4) is 0 Å². The molecule has 8 heteroatoms. The maximum absolute atomic E-state index is 5.99. The third-order valence-corrected chi connectivity index (χ3v) is 5.63. The molecule has 0 aliphatic rings. The predicted octanol–water partition coefficient (Wildman–Crippen LogP) is 5.57. The third-order valence-electron chi connectivity index (χ3n) is 4.37. The molecule has 0 bridgehead atoms. The van der Waals surface area contributed by atoms with Gasteiger partial charge >= 0.3 is 0 Å². The van der Waals surface area contributed by atoms with Crippen molar-refractivity contribution in [1.29, 1.82) is 0 Å². The molecule has 2 heterocycles. The molecular formula is C21H19ClN4O2S. The zero-order valence-electron chi connectivity index (χ0n) is 16.0. The van der Waals surface area contributed by atoms with Gasteiger partial charge in [0, 0.05) is 28.4 Å². The fourth-order valence-corrected chi connectivity index (χ4v) is 3.88. The van der Waals surface area contributed by atoms with Gasteiger partial charge in [-0.1, -0.05) is 23.4 Å². The molecule has 4 rings (SSSR count). The first-order valence-electron chi connectivity index (χ1n) is 9.08. The largest absolute Gasteiger partial charge is 0.497 e. The Balaban J connectivity index is 1.48. The van der Waals surface area contributed by atoms with Crippen LogP contribution in [0.2, 0.25) is 5.02 Å². The number of halogens is 1. The van der Waals surface area contributed by atoms with Gasteiger partial charge in [0.15, 0.2) is 11.0 Å². The lowest BCUT2D eigenvalue weighted by Gasteiger charge is -2.06. The van der Waals surface area contributed by atoms with E-state index in [1.807, 2.05) is 48.5 Å². The van der Waals surface area contributed by atoms with Crippen LogP contribution in [-0.4, -0.2) is 26.9 Å². The van der Waals surface area contributed by atoms with E-state index < -0.39 is 0 Å². The normalized spacial score (nSPS) is 11.0. The van der Waals surface area contributed by atoms with E-state index >= 15 is 0 Å². The molecule has 0 amide bonds. The summed E-state index contributed by atoms with van der Waals surface area (Å²) < 4.78 is 12.9. The number of oxazole rings is 1. The summed E-state index contributed by atoms with van der Waals surface area (Å²) in [6.07, 6.45) is 1.68. The lowest BCUT2D eigenvalue weighted by molar-refractivity contribution is 0.415. The molecule has 0 unspecified atom stereocenters. The second-order valence-electron chi connectivity index (χ2n) is 6.22. The number of hydrogen-bond donors (Lipinski definition) is 0. The van der Waals surface area contributed by atoms with Crippen molar-refractivity contribution in [2.45, 2.75) is 24.4 Å². The molecule has 0 radical (unpaired) electrons. The molecule has 148 valence electrons. The van der Waals surface area contributed by atoms with Crippen molar-refractivity contribution in [3.8, 4) is 28.6 Å². The Labute approximate surface area is 177 Å². The van der Waals surface area contributed by atoms with Gasteiger partial charge in [0.05, 0.1) is 12.8 Å². The zero-order chi connectivity index (χ0) is 20.2. The van der Waals surface area contributed by atoms with Crippen molar-refractivity contribution in [3.63, 3.8) is 0 Å². The molecule has 0 fully saturated rings. The summed E-state index contributed by atoms with van der Waals surface area (Å²) in [6.45, 7) is 2.84. The summed E-state index contributed by atoms with van der Waals surface area (Å²) in [5.41, 5.74) is 2.74. The fourth-order valence-electron chi connectivity index (χ4n) is 2.87. The highest BCUT2D eigenvalue weighted by Crippen LogP contribution is 2.28. The first kappa shape index (κ1) is 19.5. The maximum Gasteiger partial charge on any atom is 0.226 e. The van der Waals surface area contributed by atoms with Crippen LogP contribution in [0.5, 0.6) is 5.75 Å². The molecule has 6 nitrogen and oxygen atoms in total. The van der Waals surface area contributed by atoms with Gasteiger partial charge in [-0.25, -0.2) is 4.98 Å². The van der Waals surface area contributed by atoms with Crippen LogP contribution in [0.15, 0.2) is 64.4 Å². The molecule has 2 aromatic carbocycles. The summed E-state index contributed by atoms with van der Waals surface area (Å²) >= 11 is 7.57. The fraction of sp³-hybridized carbons (Fsp3) is 0.190. The van der Waals surface area contributed by atoms with Gasteiger partial charge in [0.25, 0.3) is 0 Å². The quantitative estimate of drug-likeness (QED) is 0.360. The minimum atomic E-state index is 0.585. The second-order valence-corrected chi connectivity index (χ2v) is 7.60. The lowest BCUT2D eigenvalue weighted by Crippen LogP contribution is -1.99. The number of rotatable bonds is 7. The number of benzene rings is 2. The van der Waals surface area contributed by atoms with E-state index in [0.29, 0.717) is 16.7 Å². The molecular weight excluding hydrogens is 408 g/mol. The van der Waals surface area contributed by atoms with Crippen molar-refractivity contribution in [1.82, 2.24) is 19.7 Å².